The van der Waals surface area contributed by atoms with E-state index >= 15 is 0 Å². The minimum Gasteiger partial charge on any atom is -0.381 e. The Kier molecular flexibility index (Phi) is 6.36. The second kappa shape index (κ2) is 8.58. The molecular weight excluding hydrogens is 350 g/mol. The number of pyridine rings is 2. The molecule has 3 heterocycles. The van der Waals surface area contributed by atoms with Gasteiger partial charge in [0.15, 0.2) is 0 Å². The minimum atomic E-state index is -0.0628. The van der Waals surface area contributed by atoms with Gasteiger partial charge in [0.2, 0.25) is 5.56 Å². The zero-order valence-corrected chi connectivity index (χ0v) is 17.6. The largest absolute Gasteiger partial charge is 0.381 e. The molecule has 0 saturated carbocycles. The molecule has 0 spiro atoms. The fourth-order valence-corrected chi connectivity index (χ4v) is 4.14. The van der Waals surface area contributed by atoms with Crippen molar-refractivity contribution in [1.82, 2.24) is 14.9 Å². The summed E-state index contributed by atoms with van der Waals surface area (Å²) in [6.45, 7) is 12.3. The molecule has 0 radical (unpaired) electrons. The van der Waals surface area contributed by atoms with Crippen LogP contribution in [-0.2, 0) is 16.7 Å². The highest BCUT2D eigenvalue weighted by Gasteiger charge is 2.43. The van der Waals surface area contributed by atoms with Gasteiger partial charge < -0.3 is 9.72 Å². The van der Waals surface area contributed by atoms with Gasteiger partial charge in [-0.25, -0.2) is 0 Å². The fourth-order valence-electron chi connectivity index (χ4n) is 4.14. The van der Waals surface area contributed by atoms with Crippen molar-refractivity contribution in [2.24, 2.45) is 5.41 Å². The van der Waals surface area contributed by atoms with E-state index in [4.69, 9.17) is 4.74 Å². The van der Waals surface area contributed by atoms with Gasteiger partial charge in [-0.05, 0) is 70.7 Å². The Morgan fingerprint density at radius 1 is 1.29 bits per heavy atom. The Morgan fingerprint density at radius 3 is 2.75 bits per heavy atom. The average Bonchev–Trinajstić information content (AvgIpc) is 3.12. The number of nitrogens with zero attached hydrogens (tertiary/aromatic N) is 2. The summed E-state index contributed by atoms with van der Waals surface area (Å²) in [4.78, 5) is 21.2. The number of aromatic amines is 1. The first-order chi connectivity index (χ1) is 13.3. The Bertz CT molecular complexity index is 808. The van der Waals surface area contributed by atoms with Gasteiger partial charge in [0.1, 0.15) is 0 Å². The van der Waals surface area contributed by atoms with Gasteiger partial charge in [-0.1, -0.05) is 12.1 Å². The van der Waals surface area contributed by atoms with Crippen molar-refractivity contribution in [3.63, 3.8) is 0 Å². The highest BCUT2D eigenvalue weighted by molar-refractivity contribution is 5.22. The highest BCUT2D eigenvalue weighted by Crippen LogP contribution is 2.41. The number of H-pyrrole nitrogens is 1. The van der Waals surface area contributed by atoms with Crippen LogP contribution in [0.15, 0.2) is 41.5 Å². The molecule has 3 rings (SSSR count). The molecule has 0 amide bonds. The normalized spacial score (nSPS) is 20.6. The number of hydrogen-bond donors (Lipinski definition) is 1. The third-order valence-corrected chi connectivity index (χ3v) is 6.25. The first-order valence-corrected chi connectivity index (χ1v) is 10.3. The summed E-state index contributed by atoms with van der Waals surface area (Å²) in [5, 5.41) is 0. The molecule has 2 aromatic heterocycles. The van der Waals surface area contributed by atoms with Crippen molar-refractivity contribution in [3.05, 3.63) is 63.8 Å². The van der Waals surface area contributed by atoms with Gasteiger partial charge in [0.05, 0.1) is 6.61 Å². The number of hydrogen-bond acceptors (Lipinski definition) is 4. The summed E-state index contributed by atoms with van der Waals surface area (Å²) in [7, 11) is 0. The Hall–Kier alpha value is -1.98. The van der Waals surface area contributed by atoms with E-state index in [-0.39, 0.29) is 16.5 Å². The standard InChI is InChI=1S/C23H33N3O2/c1-5-28-17-23(11-10-19-7-9-21(27)25-14-19)12-13-26(16-23)22(3,4)20-8-6-18(2)24-15-20/h6-9,14-15H,5,10-13,16-17H2,1-4H3,(H,25,27)/t23-/m0/s1. The number of nitrogens with one attached hydrogen (secondary N) is 1. The number of aryl methyl sites for hydroxylation is 2. The van der Waals surface area contributed by atoms with Gasteiger partial charge in [0, 0.05) is 48.3 Å². The summed E-state index contributed by atoms with van der Waals surface area (Å²) < 4.78 is 5.91. The zero-order chi connectivity index (χ0) is 20.2. The number of likely N-dealkylation sites (tertiary alicyclic amines) is 1. The Labute approximate surface area is 168 Å². The molecular formula is C23H33N3O2. The molecule has 28 heavy (non-hydrogen) atoms. The van der Waals surface area contributed by atoms with Crippen LogP contribution >= 0.6 is 0 Å². The molecule has 5 heteroatoms. The molecule has 0 aliphatic carbocycles. The van der Waals surface area contributed by atoms with E-state index in [0.717, 1.165) is 51.3 Å². The predicted octanol–water partition coefficient (Wildman–Crippen LogP) is 3.67. The second-order valence-corrected chi connectivity index (χ2v) is 8.62. The minimum absolute atomic E-state index is 0.0479. The highest BCUT2D eigenvalue weighted by atomic mass is 16.5. The average molecular weight is 384 g/mol. The molecule has 1 aliphatic rings. The molecule has 2 aromatic rings. The number of ether oxygens (including phenoxy) is 1. The zero-order valence-electron chi connectivity index (χ0n) is 17.6. The van der Waals surface area contributed by atoms with Gasteiger partial charge in [-0.3, -0.25) is 14.7 Å². The Balaban J connectivity index is 1.74. The lowest BCUT2D eigenvalue weighted by Gasteiger charge is -2.38. The van der Waals surface area contributed by atoms with Crippen LogP contribution < -0.4 is 5.56 Å². The molecule has 0 aromatic carbocycles. The third-order valence-electron chi connectivity index (χ3n) is 6.25. The quantitative estimate of drug-likeness (QED) is 0.756. The molecule has 1 atom stereocenters. The van der Waals surface area contributed by atoms with E-state index in [9.17, 15) is 4.79 Å². The second-order valence-electron chi connectivity index (χ2n) is 8.62. The SMILES string of the molecule is CCOC[C@@]1(CCc2ccc(=O)[nH]c2)CCN(C(C)(C)c2ccc(C)nc2)C1. The third kappa shape index (κ3) is 4.70. The van der Waals surface area contributed by atoms with E-state index in [0.29, 0.717) is 0 Å². The molecule has 1 N–H and O–H groups in total. The Morgan fingerprint density at radius 2 is 2.11 bits per heavy atom. The van der Waals surface area contributed by atoms with Crippen molar-refractivity contribution in [3.8, 4) is 0 Å². The van der Waals surface area contributed by atoms with Crippen LogP contribution in [0.3, 0.4) is 0 Å². The molecule has 1 aliphatic heterocycles. The van der Waals surface area contributed by atoms with Crippen molar-refractivity contribution in [1.29, 1.82) is 0 Å². The van der Waals surface area contributed by atoms with Gasteiger partial charge in [-0.2, -0.15) is 0 Å². The van der Waals surface area contributed by atoms with Crippen molar-refractivity contribution in [2.45, 2.75) is 52.5 Å². The van der Waals surface area contributed by atoms with Crippen molar-refractivity contribution >= 4 is 0 Å². The van der Waals surface area contributed by atoms with Crippen LogP contribution in [0.2, 0.25) is 0 Å². The molecule has 1 fully saturated rings. The summed E-state index contributed by atoms with van der Waals surface area (Å²) in [6, 6.07) is 7.84. The topological polar surface area (TPSA) is 58.2 Å². The van der Waals surface area contributed by atoms with Crippen molar-refractivity contribution < 1.29 is 4.74 Å². The number of rotatable bonds is 8. The predicted molar refractivity (Wildman–Crippen MR) is 112 cm³/mol. The van der Waals surface area contributed by atoms with Gasteiger partial charge in [0.25, 0.3) is 0 Å². The molecule has 5 nitrogen and oxygen atoms in total. The first-order valence-electron chi connectivity index (χ1n) is 10.3. The maximum Gasteiger partial charge on any atom is 0.247 e. The lowest BCUT2D eigenvalue weighted by atomic mass is 9.82. The first kappa shape index (κ1) is 20.7. The van der Waals surface area contributed by atoms with Crippen LogP contribution in [0, 0.1) is 12.3 Å². The van der Waals surface area contributed by atoms with Gasteiger partial charge >= 0.3 is 0 Å². The maximum atomic E-state index is 11.3. The summed E-state index contributed by atoms with van der Waals surface area (Å²) in [6.07, 6.45) is 6.98. The van der Waals surface area contributed by atoms with Crippen LogP contribution in [0.5, 0.6) is 0 Å². The van der Waals surface area contributed by atoms with E-state index < -0.39 is 0 Å². The van der Waals surface area contributed by atoms with E-state index in [1.54, 1.807) is 6.07 Å². The van der Waals surface area contributed by atoms with Crippen LogP contribution in [0.25, 0.3) is 0 Å². The summed E-state index contributed by atoms with van der Waals surface area (Å²) >= 11 is 0. The van der Waals surface area contributed by atoms with Crippen LogP contribution in [-0.4, -0.2) is 41.2 Å². The molecule has 152 valence electrons. The lowest BCUT2D eigenvalue weighted by molar-refractivity contribution is 0.0384. The molecule has 0 bridgehead atoms. The van der Waals surface area contributed by atoms with Crippen LogP contribution in [0.1, 0.15) is 50.4 Å². The molecule has 0 unspecified atom stereocenters. The van der Waals surface area contributed by atoms with Crippen molar-refractivity contribution in [2.75, 3.05) is 26.3 Å². The summed E-state index contributed by atoms with van der Waals surface area (Å²) in [5.41, 5.74) is 3.51. The smallest absolute Gasteiger partial charge is 0.247 e. The fraction of sp³-hybridized carbons (Fsp3) is 0.565. The lowest BCUT2D eigenvalue weighted by Crippen LogP contribution is -2.42. The van der Waals surface area contributed by atoms with Gasteiger partial charge in [-0.15, -0.1) is 0 Å². The van der Waals surface area contributed by atoms with Crippen LogP contribution in [0.4, 0.5) is 0 Å². The van der Waals surface area contributed by atoms with E-state index in [1.807, 2.05) is 25.4 Å². The summed E-state index contributed by atoms with van der Waals surface area (Å²) in [5.74, 6) is 0. The monoisotopic (exact) mass is 383 g/mol. The maximum absolute atomic E-state index is 11.3. The van der Waals surface area contributed by atoms with E-state index in [1.165, 1.54) is 11.1 Å². The number of aromatic nitrogens is 2. The van der Waals surface area contributed by atoms with E-state index in [2.05, 4.69) is 47.8 Å². The molecule has 1 saturated heterocycles.